The van der Waals surface area contributed by atoms with Gasteiger partial charge in [-0.15, -0.1) is 0 Å². The molecule has 0 radical (unpaired) electrons. The first kappa shape index (κ1) is 20.7. The second-order valence-electron chi connectivity index (χ2n) is 7.55. The van der Waals surface area contributed by atoms with Crippen molar-refractivity contribution in [3.8, 4) is 11.5 Å². The van der Waals surface area contributed by atoms with Crippen LogP contribution in [-0.2, 0) is 0 Å². The van der Waals surface area contributed by atoms with Gasteiger partial charge in [-0.3, -0.25) is 19.5 Å². The predicted molar refractivity (Wildman–Crippen MR) is 119 cm³/mol. The molecule has 1 aliphatic heterocycles. The maximum absolute atomic E-state index is 12.5. The minimum absolute atomic E-state index is 0.0958. The third-order valence-electron chi connectivity index (χ3n) is 5.53. The Labute approximate surface area is 181 Å². The van der Waals surface area contributed by atoms with E-state index in [1.807, 2.05) is 18.2 Å². The Kier molecular flexibility index (Phi) is 5.75. The fraction of sp³-hybridized carbons (Fsp3) is 0.292. The third kappa shape index (κ3) is 3.79. The largest absolute Gasteiger partial charge is 0.493 e. The van der Waals surface area contributed by atoms with E-state index in [4.69, 9.17) is 9.47 Å². The molecule has 3 aromatic rings. The number of pyridine rings is 1. The zero-order valence-electron chi connectivity index (χ0n) is 17.8. The van der Waals surface area contributed by atoms with Crippen molar-refractivity contribution in [2.24, 2.45) is 0 Å². The molecule has 0 fully saturated rings. The highest BCUT2D eigenvalue weighted by Crippen LogP contribution is 2.39. The monoisotopic (exact) mass is 419 g/mol. The normalized spacial score (nSPS) is 14.0. The number of hydrogen-bond acceptors (Lipinski definition) is 6. The fourth-order valence-electron chi connectivity index (χ4n) is 4.01. The molecule has 0 saturated heterocycles. The van der Waals surface area contributed by atoms with E-state index in [0.717, 1.165) is 23.0 Å². The molecular weight excluding hydrogens is 394 g/mol. The molecule has 1 atom stereocenters. The van der Waals surface area contributed by atoms with Gasteiger partial charge in [-0.25, -0.2) is 0 Å². The molecule has 2 aromatic carbocycles. The molecule has 160 valence electrons. The van der Waals surface area contributed by atoms with E-state index in [-0.39, 0.29) is 17.9 Å². The molecule has 1 N–H and O–H groups in total. The summed E-state index contributed by atoms with van der Waals surface area (Å²) in [7, 11) is 3.22. The zero-order valence-corrected chi connectivity index (χ0v) is 17.8. The molecule has 2 heterocycles. The SMILES string of the molecule is COc1cc(NC(C)CCCN2C(=O)c3ccccc3C2=O)c2ncccc2c1OC. The second kappa shape index (κ2) is 8.63. The Morgan fingerprint density at radius 3 is 2.39 bits per heavy atom. The summed E-state index contributed by atoms with van der Waals surface area (Å²) in [6, 6.07) is 12.8. The van der Waals surface area contributed by atoms with Gasteiger partial charge >= 0.3 is 0 Å². The number of fused-ring (bicyclic) bond motifs is 2. The third-order valence-corrected chi connectivity index (χ3v) is 5.53. The van der Waals surface area contributed by atoms with E-state index in [1.54, 1.807) is 44.7 Å². The number of imide groups is 1. The summed E-state index contributed by atoms with van der Waals surface area (Å²) in [6.07, 6.45) is 3.21. The summed E-state index contributed by atoms with van der Waals surface area (Å²) in [5, 5.41) is 4.36. The Hall–Kier alpha value is -3.61. The van der Waals surface area contributed by atoms with Crippen LogP contribution in [0.5, 0.6) is 11.5 Å². The van der Waals surface area contributed by atoms with Crippen molar-refractivity contribution >= 4 is 28.4 Å². The first-order chi connectivity index (χ1) is 15.0. The van der Waals surface area contributed by atoms with Crippen LogP contribution in [-0.4, -0.2) is 48.5 Å². The Morgan fingerprint density at radius 2 is 1.74 bits per heavy atom. The van der Waals surface area contributed by atoms with Crippen LogP contribution in [0.2, 0.25) is 0 Å². The van der Waals surface area contributed by atoms with E-state index in [2.05, 4.69) is 17.2 Å². The van der Waals surface area contributed by atoms with Gasteiger partial charge in [0.25, 0.3) is 11.8 Å². The average molecular weight is 419 g/mol. The van der Waals surface area contributed by atoms with Crippen LogP contribution in [0.4, 0.5) is 5.69 Å². The van der Waals surface area contributed by atoms with Crippen molar-refractivity contribution in [3.05, 3.63) is 59.8 Å². The van der Waals surface area contributed by atoms with Gasteiger partial charge in [0.05, 0.1) is 36.6 Å². The molecule has 0 bridgehead atoms. The summed E-state index contributed by atoms with van der Waals surface area (Å²) in [4.78, 5) is 30.9. The number of hydrogen-bond donors (Lipinski definition) is 1. The van der Waals surface area contributed by atoms with Crippen LogP contribution in [0.25, 0.3) is 10.9 Å². The Bertz CT molecular complexity index is 1110. The molecule has 0 saturated carbocycles. The molecule has 0 aliphatic carbocycles. The highest BCUT2D eigenvalue weighted by atomic mass is 16.5. The summed E-state index contributed by atoms with van der Waals surface area (Å²) in [6.45, 7) is 2.46. The zero-order chi connectivity index (χ0) is 22.0. The Balaban J connectivity index is 1.43. The number of methoxy groups -OCH3 is 2. The maximum atomic E-state index is 12.5. The van der Waals surface area contributed by atoms with E-state index in [9.17, 15) is 9.59 Å². The van der Waals surface area contributed by atoms with E-state index >= 15 is 0 Å². The minimum Gasteiger partial charge on any atom is -0.493 e. The number of anilines is 1. The standard InChI is InChI=1S/C24H25N3O4/c1-15(8-7-13-27-23(28)16-9-4-5-10-17(16)24(27)29)26-19-14-20(30-2)22(31-3)18-11-6-12-25-21(18)19/h4-6,9-12,14-15,26H,7-8,13H2,1-3H3. The van der Waals surface area contributed by atoms with E-state index in [1.165, 1.54) is 4.90 Å². The van der Waals surface area contributed by atoms with Crippen LogP contribution in [0, 0.1) is 0 Å². The van der Waals surface area contributed by atoms with E-state index in [0.29, 0.717) is 35.6 Å². The van der Waals surface area contributed by atoms with Crippen molar-refractivity contribution in [3.63, 3.8) is 0 Å². The molecule has 7 nitrogen and oxygen atoms in total. The number of amides is 2. The molecule has 2 amide bonds. The summed E-state index contributed by atoms with van der Waals surface area (Å²) < 4.78 is 11.0. The topological polar surface area (TPSA) is 80.8 Å². The molecular formula is C24H25N3O4. The molecule has 31 heavy (non-hydrogen) atoms. The predicted octanol–water partition coefficient (Wildman–Crippen LogP) is 4.13. The lowest BCUT2D eigenvalue weighted by Crippen LogP contribution is -2.31. The first-order valence-electron chi connectivity index (χ1n) is 10.3. The van der Waals surface area contributed by atoms with Gasteiger partial charge in [0, 0.05) is 30.2 Å². The smallest absolute Gasteiger partial charge is 0.261 e. The van der Waals surface area contributed by atoms with Crippen LogP contribution in [0.3, 0.4) is 0 Å². The highest BCUT2D eigenvalue weighted by molar-refractivity contribution is 6.21. The van der Waals surface area contributed by atoms with Crippen molar-refractivity contribution in [1.29, 1.82) is 0 Å². The van der Waals surface area contributed by atoms with Gasteiger partial charge in [-0.2, -0.15) is 0 Å². The van der Waals surface area contributed by atoms with Crippen molar-refractivity contribution in [1.82, 2.24) is 9.88 Å². The number of ether oxygens (including phenoxy) is 2. The van der Waals surface area contributed by atoms with Crippen LogP contribution in [0.15, 0.2) is 48.7 Å². The number of aromatic nitrogens is 1. The number of nitrogens with zero attached hydrogens (tertiary/aromatic N) is 2. The number of benzene rings is 2. The van der Waals surface area contributed by atoms with Gasteiger partial charge in [0.2, 0.25) is 0 Å². The number of rotatable bonds is 8. The van der Waals surface area contributed by atoms with Gasteiger partial charge in [-0.05, 0) is 44.0 Å². The lowest BCUT2D eigenvalue weighted by molar-refractivity contribution is 0.0651. The van der Waals surface area contributed by atoms with Gasteiger partial charge in [0.1, 0.15) is 0 Å². The summed E-state index contributed by atoms with van der Waals surface area (Å²) in [5.41, 5.74) is 2.62. The lowest BCUT2D eigenvalue weighted by Gasteiger charge is -2.20. The maximum Gasteiger partial charge on any atom is 0.261 e. The number of carbonyl (C=O) groups excluding carboxylic acids is 2. The quantitative estimate of drug-likeness (QED) is 0.553. The lowest BCUT2D eigenvalue weighted by atomic mass is 10.1. The van der Waals surface area contributed by atoms with Crippen molar-refractivity contribution in [2.75, 3.05) is 26.1 Å². The van der Waals surface area contributed by atoms with Crippen molar-refractivity contribution in [2.45, 2.75) is 25.8 Å². The highest BCUT2D eigenvalue weighted by Gasteiger charge is 2.34. The van der Waals surface area contributed by atoms with E-state index < -0.39 is 0 Å². The molecule has 1 aliphatic rings. The van der Waals surface area contributed by atoms with Crippen LogP contribution >= 0.6 is 0 Å². The molecule has 4 rings (SSSR count). The second-order valence-corrected chi connectivity index (χ2v) is 7.55. The Morgan fingerprint density at radius 1 is 1.03 bits per heavy atom. The van der Waals surface area contributed by atoms with Crippen molar-refractivity contribution < 1.29 is 19.1 Å². The minimum atomic E-state index is -0.212. The molecule has 1 aromatic heterocycles. The summed E-state index contributed by atoms with van der Waals surface area (Å²) in [5.74, 6) is 0.853. The van der Waals surface area contributed by atoms with Gasteiger partial charge in [-0.1, -0.05) is 12.1 Å². The first-order valence-corrected chi connectivity index (χ1v) is 10.3. The van der Waals surface area contributed by atoms with Crippen LogP contribution < -0.4 is 14.8 Å². The summed E-state index contributed by atoms with van der Waals surface area (Å²) >= 11 is 0. The average Bonchev–Trinajstić information content (AvgIpc) is 3.04. The molecule has 1 unspecified atom stereocenters. The van der Waals surface area contributed by atoms with Crippen LogP contribution in [0.1, 0.15) is 40.5 Å². The van der Waals surface area contributed by atoms with Gasteiger partial charge in [0.15, 0.2) is 11.5 Å². The number of carbonyl (C=O) groups is 2. The number of nitrogens with one attached hydrogen (secondary N) is 1. The molecule has 7 heteroatoms. The fourth-order valence-corrected chi connectivity index (χ4v) is 4.01. The van der Waals surface area contributed by atoms with Gasteiger partial charge < -0.3 is 14.8 Å². The molecule has 0 spiro atoms.